The van der Waals surface area contributed by atoms with E-state index in [1.807, 2.05) is 17.0 Å². The van der Waals surface area contributed by atoms with Crippen LogP contribution in [0, 0.1) is 5.41 Å². The van der Waals surface area contributed by atoms with E-state index < -0.39 is 0 Å². The molecule has 0 N–H and O–H groups in total. The molecule has 1 amide bonds. The van der Waals surface area contributed by atoms with Gasteiger partial charge in [-0.3, -0.25) is 9.48 Å². The highest BCUT2D eigenvalue weighted by molar-refractivity contribution is 5.89. The highest BCUT2D eigenvalue weighted by Crippen LogP contribution is 2.21. The van der Waals surface area contributed by atoms with Crippen molar-refractivity contribution in [2.75, 3.05) is 6.54 Å². The number of carbonyl (C=O) groups excluding carboxylic acids is 1. The third-order valence-electron chi connectivity index (χ3n) is 3.40. The summed E-state index contributed by atoms with van der Waals surface area (Å²) in [5.74, 6) is 0.0599. The lowest BCUT2D eigenvalue weighted by Gasteiger charge is -2.17. The molecule has 1 aliphatic heterocycles. The fourth-order valence-electron chi connectivity index (χ4n) is 2.26. The van der Waals surface area contributed by atoms with Crippen LogP contribution < -0.4 is 0 Å². The van der Waals surface area contributed by atoms with E-state index in [9.17, 15) is 4.79 Å². The van der Waals surface area contributed by atoms with Crippen LogP contribution in [0.3, 0.4) is 0 Å². The Balaban J connectivity index is 1.73. The summed E-state index contributed by atoms with van der Waals surface area (Å²) >= 11 is 0. The summed E-state index contributed by atoms with van der Waals surface area (Å²) in [6.45, 7) is 8.92. The Morgan fingerprint density at radius 3 is 2.75 bits per heavy atom. The predicted molar refractivity (Wildman–Crippen MR) is 77.9 cm³/mol. The molecule has 2 heterocycles. The van der Waals surface area contributed by atoms with Crippen LogP contribution in [0.5, 0.6) is 0 Å². The smallest absolute Gasteiger partial charge is 0.246 e. The largest absolute Gasteiger partial charge is 0.329 e. The molecule has 0 atom stereocenters. The molecule has 1 aromatic rings. The van der Waals surface area contributed by atoms with E-state index in [-0.39, 0.29) is 5.91 Å². The average Bonchev–Trinajstić information content (AvgIpc) is 2.95. The second kappa shape index (κ2) is 6.20. The minimum Gasteiger partial charge on any atom is -0.329 e. The summed E-state index contributed by atoms with van der Waals surface area (Å²) in [6.07, 6.45) is 8.97. The van der Waals surface area contributed by atoms with Gasteiger partial charge in [0.2, 0.25) is 5.91 Å². The van der Waals surface area contributed by atoms with Gasteiger partial charge < -0.3 is 4.90 Å². The number of amides is 1. The van der Waals surface area contributed by atoms with Crippen molar-refractivity contribution in [1.82, 2.24) is 19.9 Å². The molecule has 0 radical (unpaired) electrons. The Morgan fingerprint density at radius 1 is 1.30 bits per heavy atom. The summed E-state index contributed by atoms with van der Waals surface area (Å²) in [4.78, 5) is 13.2. The predicted octanol–water partition coefficient (Wildman–Crippen LogP) is 2.39. The molecule has 0 fully saturated rings. The normalized spacial score (nSPS) is 15.3. The summed E-state index contributed by atoms with van der Waals surface area (Å²) < 4.78 is 1.88. The molecule has 0 unspecified atom stereocenters. The Kier molecular flexibility index (Phi) is 4.57. The number of hydrogen-bond acceptors (Lipinski definition) is 3. The zero-order valence-electron chi connectivity index (χ0n) is 12.7. The minimum absolute atomic E-state index is 0.0599. The van der Waals surface area contributed by atoms with Crippen LogP contribution in [0.25, 0.3) is 0 Å². The third-order valence-corrected chi connectivity index (χ3v) is 3.40. The zero-order valence-corrected chi connectivity index (χ0v) is 12.7. The average molecular weight is 276 g/mol. The van der Waals surface area contributed by atoms with Crippen LogP contribution in [0.4, 0.5) is 0 Å². The minimum atomic E-state index is 0.0599. The molecule has 1 aromatic heterocycles. The zero-order chi connectivity index (χ0) is 14.6. The number of carbonyl (C=O) groups is 1. The van der Waals surface area contributed by atoms with E-state index in [1.54, 1.807) is 11.0 Å². The van der Waals surface area contributed by atoms with Crippen molar-refractivity contribution < 1.29 is 4.79 Å². The van der Waals surface area contributed by atoms with Crippen LogP contribution >= 0.6 is 0 Å². The van der Waals surface area contributed by atoms with Crippen LogP contribution in [0.1, 0.15) is 45.7 Å². The van der Waals surface area contributed by atoms with Gasteiger partial charge in [0.15, 0.2) is 0 Å². The lowest BCUT2D eigenvalue weighted by atomic mass is 9.90. The Bertz CT molecular complexity index is 484. The molecule has 0 saturated heterocycles. The molecule has 0 aromatic carbocycles. The summed E-state index contributed by atoms with van der Waals surface area (Å²) in [5, 5.41) is 8.26. The molecule has 1 aliphatic rings. The first-order chi connectivity index (χ1) is 9.44. The van der Waals surface area contributed by atoms with Crippen molar-refractivity contribution in [2.24, 2.45) is 5.41 Å². The maximum Gasteiger partial charge on any atom is 0.246 e. The first-order valence-corrected chi connectivity index (χ1v) is 7.28. The quantitative estimate of drug-likeness (QED) is 0.750. The van der Waals surface area contributed by atoms with E-state index in [2.05, 4.69) is 31.1 Å². The molecule has 110 valence electrons. The molecule has 20 heavy (non-hydrogen) atoms. The highest BCUT2D eigenvalue weighted by atomic mass is 16.2. The van der Waals surface area contributed by atoms with E-state index in [1.165, 1.54) is 12.8 Å². The number of unbranched alkanes of at least 4 members (excludes halogenated alkanes) is 1. The fraction of sp³-hybridized carbons (Fsp3) is 0.667. The van der Waals surface area contributed by atoms with Gasteiger partial charge in [-0.1, -0.05) is 38.5 Å². The topological polar surface area (TPSA) is 51.0 Å². The van der Waals surface area contributed by atoms with Gasteiger partial charge in [-0.15, -0.1) is 5.10 Å². The lowest BCUT2D eigenvalue weighted by molar-refractivity contribution is -0.125. The van der Waals surface area contributed by atoms with Gasteiger partial charge in [0.25, 0.3) is 0 Å². The first kappa shape index (κ1) is 14.8. The van der Waals surface area contributed by atoms with Crippen LogP contribution in [0.15, 0.2) is 18.3 Å². The third kappa shape index (κ3) is 4.47. The van der Waals surface area contributed by atoms with Gasteiger partial charge in [0, 0.05) is 19.2 Å². The molecular formula is C15H24N4O. The monoisotopic (exact) mass is 276 g/mol. The lowest BCUT2D eigenvalue weighted by Crippen LogP contribution is -2.24. The number of aryl methyl sites for hydroxylation is 1. The van der Waals surface area contributed by atoms with Crippen LogP contribution in [-0.4, -0.2) is 32.3 Å². The molecule has 0 bridgehead atoms. The molecule has 2 rings (SSSR count). The molecule has 5 heteroatoms. The van der Waals surface area contributed by atoms with Gasteiger partial charge in [-0.25, -0.2) is 0 Å². The second-order valence-corrected chi connectivity index (χ2v) is 6.61. The molecular weight excluding hydrogens is 252 g/mol. The van der Waals surface area contributed by atoms with E-state index in [4.69, 9.17) is 0 Å². The highest BCUT2D eigenvalue weighted by Gasteiger charge is 2.16. The van der Waals surface area contributed by atoms with Gasteiger partial charge in [0.05, 0.1) is 12.7 Å². The van der Waals surface area contributed by atoms with Crippen LogP contribution in [0.2, 0.25) is 0 Å². The van der Waals surface area contributed by atoms with Gasteiger partial charge in [-0.2, -0.15) is 0 Å². The number of rotatable bonds is 6. The van der Waals surface area contributed by atoms with Crippen molar-refractivity contribution in [3.63, 3.8) is 0 Å². The summed E-state index contributed by atoms with van der Waals surface area (Å²) in [6, 6.07) is 0. The number of aromatic nitrogens is 3. The van der Waals surface area contributed by atoms with E-state index >= 15 is 0 Å². The van der Waals surface area contributed by atoms with Crippen LogP contribution in [-0.2, 0) is 17.9 Å². The van der Waals surface area contributed by atoms with Gasteiger partial charge >= 0.3 is 0 Å². The van der Waals surface area contributed by atoms with Crippen molar-refractivity contribution in [1.29, 1.82) is 0 Å². The van der Waals surface area contributed by atoms with Gasteiger partial charge in [0.1, 0.15) is 5.69 Å². The summed E-state index contributed by atoms with van der Waals surface area (Å²) in [7, 11) is 0. The molecule has 0 spiro atoms. The fourth-order valence-corrected chi connectivity index (χ4v) is 2.26. The Hall–Kier alpha value is -1.65. The maximum absolute atomic E-state index is 11.5. The molecule has 0 saturated carbocycles. The van der Waals surface area contributed by atoms with E-state index in [0.717, 1.165) is 18.7 Å². The first-order valence-electron chi connectivity index (χ1n) is 7.28. The molecule has 0 aliphatic carbocycles. The number of hydrogen-bond donors (Lipinski definition) is 0. The van der Waals surface area contributed by atoms with Crippen molar-refractivity contribution in [2.45, 2.75) is 53.1 Å². The second-order valence-electron chi connectivity index (χ2n) is 6.61. The van der Waals surface area contributed by atoms with Gasteiger partial charge in [-0.05, 0) is 18.3 Å². The maximum atomic E-state index is 11.5. The Labute approximate surface area is 120 Å². The van der Waals surface area contributed by atoms with E-state index in [0.29, 0.717) is 18.5 Å². The van der Waals surface area contributed by atoms with Crippen molar-refractivity contribution in [3.8, 4) is 0 Å². The molecule has 5 nitrogen and oxygen atoms in total. The SMILES string of the molecule is CC(C)(C)CCCCn1cc(CN2CC=CC2=O)nn1. The Morgan fingerprint density at radius 2 is 2.10 bits per heavy atom. The van der Waals surface area contributed by atoms with Crippen molar-refractivity contribution >= 4 is 5.91 Å². The summed E-state index contributed by atoms with van der Waals surface area (Å²) in [5.41, 5.74) is 1.26. The number of nitrogens with zero attached hydrogens (tertiary/aromatic N) is 4. The van der Waals surface area contributed by atoms with Crippen molar-refractivity contribution in [3.05, 3.63) is 24.0 Å². The standard InChI is InChI=1S/C15H24N4O/c1-15(2,3)8-4-5-10-19-12-13(16-17-19)11-18-9-6-7-14(18)20/h6-7,12H,4-5,8-11H2,1-3H3.